The molecule has 2 aliphatic rings. The molecule has 1 aliphatic heterocycles. The molecular formula is C16H23N3O3S. The predicted molar refractivity (Wildman–Crippen MR) is 86.1 cm³/mol. The van der Waals surface area contributed by atoms with Crippen LogP contribution in [0.25, 0.3) is 0 Å². The number of pyridine rings is 1. The van der Waals surface area contributed by atoms with Crippen LogP contribution >= 0.6 is 0 Å². The third-order valence-electron chi connectivity index (χ3n) is 5.44. The zero-order valence-electron chi connectivity index (χ0n) is 13.6. The van der Waals surface area contributed by atoms with Crippen LogP contribution in [0.4, 0.5) is 0 Å². The molecule has 2 fully saturated rings. The van der Waals surface area contributed by atoms with Crippen molar-refractivity contribution in [3.05, 3.63) is 24.5 Å². The first-order chi connectivity index (χ1) is 10.9. The lowest BCUT2D eigenvalue weighted by molar-refractivity contribution is -0.139. The summed E-state index contributed by atoms with van der Waals surface area (Å²) >= 11 is 0. The summed E-state index contributed by atoms with van der Waals surface area (Å²) in [6.07, 6.45) is 7.20. The Labute approximate surface area is 137 Å². The van der Waals surface area contributed by atoms with Crippen LogP contribution < -0.4 is 0 Å². The molecule has 2 atom stereocenters. The van der Waals surface area contributed by atoms with E-state index in [9.17, 15) is 13.2 Å². The Balaban J connectivity index is 1.84. The molecule has 0 aromatic carbocycles. The molecule has 3 rings (SSSR count). The van der Waals surface area contributed by atoms with Crippen molar-refractivity contribution in [1.82, 2.24) is 14.2 Å². The van der Waals surface area contributed by atoms with Gasteiger partial charge in [0, 0.05) is 50.9 Å². The molecule has 6 nitrogen and oxygen atoms in total. The largest absolute Gasteiger partial charge is 0.342 e. The maximum atomic E-state index is 12.7. The highest BCUT2D eigenvalue weighted by Gasteiger charge is 2.50. The van der Waals surface area contributed by atoms with Crippen molar-refractivity contribution in [2.75, 3.05) is 20.6 Å². The first-order valence-electron chi connectivity index (χ1n) is 7.99. The van der Waals surface area contributed by atoms with E-state index >= 15 is 0 Å². The lowest BCUT2D eigenvalue weighted by Crippen LogP contribution is -2.54. The summed E-state index contributed by atoms with van der Waals surface area (Å²) < 4.78 is 26.9. The molecule has 1 aliphatic carbocycles. The van der Waals surface area contributed by atoms with E-state index in [0.29, 0.717) is 13.0 Å². The second-order valence-corrected chi connectivity index (χ2v) is 8.77. The Morgan fingerprint density at radius 2 is 2.22 bits per heavy atom. The van der Waals surface area contributed by atoms with Crippen molar-refractivity contribution in [3.8, 4) is 0 Å². The number of aromatic nitrogens is 1. The average molecular weight is 337 g/mol. The maximum Gasteiger partial charge on any atom is 0.244 e. The average Bonchev–Trinajstić information content (AvgIpc) is 2.96. The van der Waals surface area contributed by atoms with Gasteiger partial charge in [-0.15, -0.1) is 0 Å². The zero-order valence-corrected chi connectivity index (χ0v) is 14.4. The Bertz CT molecular complexity index is 692. The topological polar surface area (TPSA) is 70.6 Å². The number of rotatable bonds is 4. The first kappa shape index (κ1) is 16.4. The molecule has 1 saturated heterocycles. The number of fused-ring (bicyclic) bond motifs is 1. The minimum Gasteiger partial charge on any atom is -0.342 e. The minimum absolute atomic E-state index is 0.118. The second kappa shape index (κ2) is 5.87. The monoisotopic (exact) mass is 337 g/mol. The number of hydrogen-bond donors (Lipinski definition) is 0. The van der Waals surface area contributed by atoms with Gasteiger partial charge in [-0.05, 0) is 31.4 Å². The van der Waals surface area contributed by atoms with Gasteiger partial charge in [0.2, 0.25) is 15.9 Å². The van der Waals surface area contributed by atoms with Crippen molar-refractivity contribution >= 4 is 15.9 Å². The fourth-order valence-corrected chi connectivity index (χ4v) is 5.43. The summed E-state index contributed by atoms with van der Waals surface area (Å²) in [4.78, 5) is 17.9. The molecular weight excluding hydrogens is 314 g/mol. The van der Waals surface area contributed by atoms with Crippen molar-refractivity contribution in [2.45, 2.75) is 43.0 Å². The van der Waals surface area contributed by atoms with Crippen molar-refractivity contribution in [2.24, 2.45) is 5.41 Å². The molecule has 0 unspecified atom stereocenters. The van der Waals surface area contributed by atoms with Crippen LogP contribution in [0.1, 0.15) is 32.1 Å². The van der Waals surface area contributed by atoms with Crippen molar-refractivity contribution < 1.29 is 13.2 Å². The number of piperidine rings is 1. The van der Waals surface area contributed by atoms with Crippen LogP contribution in [0.5, 0.6) is 0 Å². The fraction of sp³-hybridized carbons (Fsp3) is 0.625. The van der Waals surface area contributed by atoms with Gasteiger partial charge in [-0.3, -0.25) is 9.78 Å². The minimum atomic E-state index is -3.55. The third-order valence-corrected chi connectivity index (χ3v) is 7.22. The lowest BCUT2D eigenvalue weighted by Gasteiger charge is -2.46. The van der Waals surface area contributed by atoms with Crippen LogP contribution in [-0.4, -0.2) is 55.2 Å². The van der Waals surface area contributed by atoms with Crippen molar-refractivity contribution in [1.29, 1.82) is 0 Å². The smallest absolute Gasteiger partial charge is 0.244 e. The fourth-order valence-electron chi connectivity index (χ4n) is 4.19. The number of sulfonamides is 1. The van der Waals surface area contributed by atoms with Crippen LogP contribution in [0.2, 0.25) is 0 Å². The van der Waals surface area contributed by atoms with Crippen molar-refractivity contribution in [3.63, 3.8) is 0 Å². The molecule has 0 radical (unpaired) electrons. The van der Waals surface area contributed by atoms with E-state index in [4.69, 9.17) is 0 Å². The van der Waals surface area contributed by atoms with Crippen LogP contribution in [-0.2, 0) is 14.8 Å². The number of carbonyl (C=O) groups is 1. The van der Waals surface area contributed by atoms with E-state index in [1.807, 2.05) is 11.9 Å². The summed E-state index contributed by atoms with van der Waals surface area (Å²) in [7, 11) is -0.0689. The molecule has 0 N–H and O–H groups in total. The Morgan fingerprint density at radius 3 is 2.91 bits per heavy atom. The second-order valence-electron chi connectivity index (χ2n) is 6.72. The van der Waals surface area contributed by atoms with Crippen LogP contribution in [0.3, 0.4) is 0 Å². The molecule has 2 heterocycles. The molecule has 1 aromatic heterocycles. The SMILES string of the molecule is CN1C(=O)CC[C@]2(CN(C)S(=O)(=O)c3cccnc3)CCC[C@@H]12. The zero-order chi connectivity index (χ0) is 16.7. The Morgan fingerprint density at radius 1 is 1.43 bits per heavy atom. The van der Waals surface area contributed by atoms with Gasteiger partial charge in [-0.25, -0.2) is 12.7 Å². The molecule has 1 amide bonds. The highest BCUT2D eigenvalue weighted by Crippen LogP contribution is 2.48. The van der Waals surface area contributed by atoms with Gasteiger partial charge < -0.3 is 4.90 Å². The number of likely N-dealkylation sites (tertiary alicyclic amines) is 1. The summed E-state index contributed by atoms with van der Waals surface area (Å²) in [6.45, 7) is 0.451. The van der Waals surface area contributed by atoms with E-state index in [1.165, 1.54) is 10.5 Å². The normalized spacial score (nSPS) is 28.2. The molecule has 0 bridgehead atoms. The van der Waals surface area contributed by atoms with Crippen LogP contribution in [0.15, 0.2) is 29.4 Å². The molecule has 1 saturated carbocycles. The maximum absolute atomic E-state index is 12.7. The van der Waals surface area contributed by atoms with Gasteiger partial charge in [0.15, 0.2) is 0 Å². The Kier molecular flexibility index (Phi) is 4.18. The van der Waals surface area contributed by atoms with Gasteiger partial charge in [0.05, 0.1) is 0 Å². The number of amides is 1. The summed E-state index contributed by atoms with van der Waals surface area (Å²) in [5, 5.41) is 0. The van der Waals surface area contributed by atoms with Crippen LogP contribution in [0, 0.1) is 5.41 Å². The highest BCUT2D eigenvalue weighted by molar-refractivity contribution is 7.89. The quantitative estimate of drug-likeness (QED) is 0.835. The summed E-state index contributed by atoms with van der Waals surface area (Å²) in [5.74, 6) is 0.172. The molecule has 23 heavy (non-hydrogen) atoms. The molecule has 7 heteroatoms. The molecule has 1 aromatic rings. The standard InChI is InChI=1S/C16H23N3O3S/c1-18(23(21,22)13-5-4-10-17-11-13)12-16-8-3-6-14(16)19(2)15(20)7-9-16/h4-5,10-11,14H,3,6-9,12H2,1-2H3/t14-,16+/m1/s1. The summed E-state index contributed by atoms with van der Waals surface area (Å²) in [5.41, 5.74) is -0.118. The molecule has 126 valence electrons. The van der Waals surface area contributed by atoms with E-state index in [2.05, 4.69) is 4.98 Å². The number of carbonyl (C=O) groups excluding carboxylic acids is 1. The third kappa shape index (κ3) is 2.76. The van der Waals surface area contributed by atoms with E-state index < -0.39 is 10.0 Å². The summed E-state index contributed by atoms with van der Waals surface area (Å²) in [6, 6.07) is 3.35. The molecule has 0 spiro atoms. The van der Waals surface area contributed by atoms with E-state index in [0.717, 1.165) is 25.7 Å². The number of nitrogens with zero attached hydrogens (tertiary/aromatic N) is 3. The van der Waals surface area contributed by atoms with Gasteiger partial charge in [-0.1, -0.05) is 6.42 Å². The Hall–Kier alpha value is -1.47. The van der Waals surface area contributed by atoms with E-state index in [-0.39, 0.29) is 22.3 Å². The van der Waals surface area contributed by atoms with Gasteiger partial charge in [-0.2, -0.15) is 0 Å². The lowest BCUT2D eigenvalue weighted by atomic mass is 9.75. The number of hydrogen-bond acceptors (Lipinski definition) is 4. The predicted octanol–water partition coefficient (Wildman–Crippen LogP) is 1.49. The van der Waals surface area contributed by atoms with Gasteiger partial charge >= 0.3 is 0 Å². The first-order valence-corrected chi connectivity index (χ1v) is 9.43. The van der Waals surface area contributed by atoms with Gasteiger partial charge in [0.25, 0.3) is 0 Å². The van der Waals surface area contributed by atoms with E-state index in [1.54, 1.807) is 25.4 Å². The van der Waals surface area contributed by atoms with Gasteiger partial charge in [0.1, 0.15) is 4.90 Å². The highest BCUT2D eigenvalue weighted by atomic mass is 32.2.